The van der Waals surface area contributed by atoms with Gasteiger partial charge in [-0.3, -0.25) is 0 Å². The summed E-state index contributed by atoms with van der Waals surface area (Å²) in [5, 5.41) is 11.7. The lowest BCUT2D eigenvalue weighted by atomic mass is 9.94. The number of carbonyl (C=O) groups is 1. The van der Waals surface area contributed by atoms with Crippen LogP contribution in [-0.4, -0.2) is 18.2 Å². The van der Waals surface area contributed by atoms with E-state index in [0.29, 0.717) is 5.56 Å². The molecule has 3 nitrogen and oxygen atoms in total. The van der Waals surface area contributed by atoms with Crippen LogP contribution < -0.4 is 0 Å². The minimum absolute atomic E-state index is 0.266. The second-order valence-electron chi connectivity index (χ2n) is 5.21. The predicted octanol–water partition coefficient (Wildman–Crippen LogP) is 4.31. The first kappa shape index (κ1) is 14.1. The second-order valence-corrected chi connectivity index (χ2v) is 5.21. The fraction of sp³-hybridized carbons (Fsp3) is 0.105. The van der Waals surface area contributed by atoms with Crippen molar-refractivity contribution in [1.29, 1.82) is 0 Å². The molecule has 0 aromatic heterocycles. The van der Waals surface area contributed by atoms with E-state index in [2.05, 4.69) is 6.92 Å². The molecule has 0 bridgehead atoms. The van der Waals surface area contributed by atoms with E-state index in [1.807, 2.05) is 30.3 Å². The van der Waals surface area contributed by atoms with Gasteiger partial charge in [-0.05, 0) is 58.7 Å². The van der Waals surface area contributed by atoms with Crippen molar-refractivity contribution in [3.8, 4) is 16.9 Å². The van der Waals surface area contributed by atoms with Crippen LogP contribution in [0.1, 0.15) is 15.9 Å². The molecule has 0 fully saturated rings. The van der Waals surface area contributed by atoms with Crippen LogP contribution in [0.2, 0.25) is 0 Å². The van der Waals surface area contributed by atoms with Crippen molar-refractivity contribution in [2.45, 2.75) is 6.92 Å². The zero-order chi connectivity index (χ0) is 15.7. The zero-order valence-corrected chi connectivity index (χ0v) is 12.5. The Labute approximate surface area is 128 Å². The van der Waals surface area contributed by atoms with Gasteiger partial charge in [0.25, 0.3) is 0 Å². The number of hydrogen-bond donors (Lipinski definition) is 1. The maximum absolute atomic E-state index is 11.5. The highest BCUT2D eigenvalue weighted by Crippen LogP contribution is 2.31. The van der Waals surface area contributed by atoms with Gasteiger partial charge >= 0.3 is 5.97 Å². The highest BCUT2D eigenvalue weighted by molar-refractivity contribution is 5.93. The minimum Gasteiger partial charge on any atom is -0.508 e. The number of esters is 1. The van der Waals surface area contributed by atoms with Gasteiger partial charge in [0.2, 0.25) is 0 Å². The summed E-state index contributed by atoms with van der Waals surface area (Å²) in [6, 6.07) is 16.8. The van der Waals surface area contributed by atoms with Crippen LogP contribution in [0.15, 0.2) is 54.6 Å². The van der Waals surface area contributed by atoms with Gasteiger partial charge in [-0.15, -0.1) is 0 Å². The van der Waals surface area contributed by atoms with E-state index in [4.69, 9.17) is 4.74 Å². The Hall–Kier alpha value is -2.81. The molecule has 0 heterocycles. The lowest BCUT2D eigenvalue weighted by molar-refractivity contribution is 0.0601. The quantitative estimate of drug-likeness (QED) is 0.716. The summed E-state index contributed by atoms with van der Waals surface area (Å²) in [6.07, 6.45) is 0. The predicted molar refractivity (Wildman–Crippen MR) is 87.1 cm³/mol. The molecule has 0 aliphatic rings. The Morgan fingerprint density at radius 1 is 1.00 bits per heavy atom. The minimum atomic E-state index is -0.336. The van der Waals surface area contributed by atoms with E-state index in [1.165, 1.54) is 7.11 Å². The lowest BCUT2D eigenvalue weighted by Crippen LogP contribution is -2.00. The average molecular weight is 292 g/mol. The summed E-state index contributed by atoms with van der Waals surface area (Å²) in [4.78, 5) is 11.5. The Morgan fingerprint density at radius 2 is 1.73 bits per heavy atom. The molecule has 0 radical (unpaired) electrons. The first-order chi connectivity index (χ1) is 10.6. The molecule has 0 unspecified atom stereocenters. The van der Waals surface area contributed by atoms with Gasteiger partial charge < -0.3 is 9.84 Å². The molecule has 3 heteroatoms. The van der Waals surface area contributed by atoms with E-state index in [0.717, 1.165) is 27.5 Å². The lowest BCUT2D eigenvalue weighted by Gasteiger charge is -2.10. The number of carbonyl (C=O) groups excluding carboxylic acids is 1. The standard InChI is InChI=1S/C19H16O3/c1-12-17(9-7-15-11-16(20)8-10-18(12)15)13-3-5-14(6-4-13)19(21)22-2/h3-11,20H,1-2H3. The number of aryl methyl sites for hydroxylation is 1. The molecule has 0 aliphatic carbocycles. The second kappa shape index (κ2) is 5.53. The number of aromatic hydroxyl groups is 1. The fourth-order valence-electron chi connectivity index (χ4n) is 2.69. The van der Waals surface area contributed by atoms with E-state index in [1.54, 1.807) is 24.3 Å². The summed E-state index contributed by atoms with van der Waals surface area (Å²) in [5.74, 6) is -0.0701. The highest BCUT2D eigenvalue weighted by Gasteiger charge is 2.09. The van der Waals surface area contributed by atoms with Gasteiger partial charge in [-0.25, -0.2) is 4.79 Å². The first-order valence-electron chi connectivity index (χ1n) is 7.01. The fourth-order valence-corrected chi connectivity index (χ4v) is 2.69. The third-order valence-electron chi connectivity index (χ3n) is 3.89. The van der Waals surface area contributed by atoms with Crippen LogP contribution in [0.3, 0.4) is 0 Å². The van der Waals surface area contributed by atoms with Crippen molar-refractivity contribution in [2.75, 3.05) is 7.11 Å². The van der Waals surface area contributed by atoms with Gasteiger partial charge in [-0.2, -0.15) is 0 Å². The van der Waals surface area contributed by atoms with E-state index < -0.39 is 0 Å². The van der Waals surface area contributed by atoms with Crippen LogP contribution in [0.4, 0.5) is 0 Å². The Bertz CT molecular complexity index is 848. The molecule has 3 aromatic rings. The largest absolute Gasteiger partial charge is 0.508 e. The number of ether oxygens (including phenoxy) is 1. The molecule has 1 N–H and O–H groups in total. The van der Waals surface area contributed by atoms with Crippen LogP contribution in [0, 0.1) is 6.92 Å². The summed E-state index contributed by atoms with van der Waals surface area (Å²) in [6.45, 7) is 2.06. The number of hydrogen-bond acceptors (Lipinski definition) is 3. The smallest absolute Gasteiger partial charge is 0.337 e. The number of fused-ring (bicyclic) bond motifs is 1. The van der Waals surface area contributed by atoms with Crippen molar-refractivity contribution in [2.24, 2.45) is 0 Å². The van der Waals surface area contributed by atoms with Crippen molar-refractivity contribution in [3.63, 3.8) is 0 Å². The molecule has 0 amide bonds. The highest BCUT2D eigenvalue weighted by atomic mass is 16.5. The number of rotatable bonds is 2. The number of methoxy groups -OCH3 is 1. The number of benzene rings is 3. The zero-order valence-electron chi connectivity index (χ0n) is 12.5. The molecule has 3 rings (SSSR count). The number of phenols is 1. The normalized spacial score (nSPS) is 10.6. The van der Waals surface area contributed by atoms with Gasteiger partial charge in [0.1, 0.15) is 5.75 Å². The van der Waals surface area contributed by atoms with Crippen LogP contribution in [0.5, 0.6) is 5.75 Å². The average Bonchev–Trinajstić information content (AvgIpc) is 2.54. The van der Waals surface area contributed by atoms with Gasteiger partial charge in [0, 0.05) is 0 Å². The Kier molecular flexibility index (Phi) is 3.55. The molecule has 110 valence electrons. The third-order valence-corrected chi connectivity index (χ3v) is 3.89. The molecule has 0 saturated carbocycles. The van der Waals surface area contributed by atoms with E-state index in [9.17, 15) is 9.90 Å². The van der Waals surface area contributed by atoms with Gasteiger partial charge in [0.05, 0.1) is 12.7 Å². The summed E-state index contributed by atoms with van der Waals surface area (Å²) in [5.41, 5.74) is 3.83. The van der Waals surface area contributed by atoms with Gasteiger partial charge in [-0.1, -0.05) is 30.3 Å². The molecule has 0 aliphatic heterocycles. The first-order valence-corrected chi connectivity index (χ1v) is 7.01. The van der Waals surface area contributed by atoms with Crippen LogP contribution in [-0.2, 0) is 4.74 Å². The summed E-state index contributed by atoms with van der Waals surface area (Å²) < 4.78 is 4.71. The number of phenolic OH excluding ortho intramolecular Hbond substituents is 1. The maximum atomic E-state index is 11.5. The SMILES string of the molecule is COC(=O)c1ccc(-c2ccc3cc(O)ccc3c2C)cc1. The van der Waals surface area contributed by atoms with Crippen molar-refractivity contribution in [1.82, 2.24) is 0 Å². The van der Waals surface area contributed by atoms with Crippen LogP contribution in [0.25, 0.3) is 21.9 Å². The Morgan fingerprint density at radius 3 is 2.41 bits per heavy atom. The molecule has 22 heavy (non-hydrogen) atoms. The summed E-state index contributed by atoms with van der Waals surface area (Å²) >= 11 is 0. The van der Waals surface area contributed by atoms with E-state index >= 15 is 0 Å². The molecular weight excluding hydrogens is 276 g/mol. The molecule has 3 aromatic carbocycles. The monoisotopic (exact) mass is 292 g/mol. The van der Waals surface area contributed by atoms with Crippen LogP contribution >= 0.6 is 0 Å². The summed E-state index contributed by atoms with van der Waals surface area (Å²) in [7, 11) is 1.37. The van der Waals surface area contributed by atoms with Crippen molar-refractivity contribution < 1.29 is 14.6 Å². The van der Waals surface area contributed by atoms with Crippen molar-refractivity contribution >= 4 is 16.7 Å². The molecule has 0 spiro atoms. The van der Waals surface area contributed by atoms with Gasteiger partial charge in [0.15, 0.2) is 0 Å². The molecular formula is C19H16O3. The maximum Gasteiger partial charge on any atom is 0.337 e. The molecule has 0 saturated heterocycles. The van der Waals surface area contributed by atoms with E-state index in [-0.39, 0.29) is 11.7 Å². The van der Waals surface area contributed by atoms with Crippen molar-refractivity contribution in [3.05, 3.63) is 65.7 Å². The topological polar surface area (TPSA) is 46.5 Å². The Balaban J connectivity index is 2.08. The molecule has 0 atom stereocenters. The third kappa shape index (κ3) is 2.42.